The van der Waals surface area contributed by atoms with Crippen molar-refractivity contribution in [3.8, 4) is 17.2 Å². The van der Waals surface area contributed by atoms with Gasteiger partial charge in [0.05, 0.1) is 30.0 Å². The van der Waals surface area contributed by atoms with E-state index >= 15 is 0 Å². The van der Waals surface area contributed by atoms with Crippen molar-refractivity contribution >= 4 is 40.1 Å². The molecule has 0 radical (unpaired) electrons. The van der Waals surface area contributed by atoms with Crippen LogP contribution in [0.15, 0.2) is 58.9 Å². The summed E-state index contributed by atoms with van der Waals surface area (Å²) in [5.41, 5.74) is 0.366. The van der Waals surface area contributed by atoms with Crippen LogP contribution in [0.25, 0.3) is 0 Å². The molecule has 2 aromatic carbocycles. The standard InChI is InChI=1S/C25H28N2O6S2/c1-4-31-22(28)10-11-34-23-15-26-25(35-23)27-24(29)18-12-20(32-17(2)16-30-3)14-21(13-18)33-19-8-6-5-7-9-19/h5-9,12-15,17H,4,10-11,16H2,1-3H3,(H,26,27,29)/t17-/m0/s1. The number of aromatic nitrogens is 1. The first-order valence-electron chi connectivity index (χ1n) is 11.1. The van der Waals surface area contributed by atoms with E-state index in [1.807, 2.05) is 37.3 Å². The minimum atomic E-state index is -0.342. The van der Waals surface area contributed by atoms with Gasteiger partial charge in [-0.05, 0) is 38.1 Å². The summed E-state index contributed by atoms with van der Waals surface area (Å²) in [5.74, 6) is 1.61. The molecule has 0 fully saturated rings. The number of anilines is 1. The van der Waals surface area contributed by atoms with Gasteiger partial charge in [-0.2, -0.15) is 0 Å². The zero-order chi connectivity index (χ0) is 25.0. The van der Waals surface area contributed by atoms with Crippen molar-refractivity contribution in [3.05, 3.63) is 60.3 Å². The Morgan fingerprint density at radius 3 is 2.63 bits per heavy atom. The van der Waals surface area contributed by atoms with Crippen LogP contribution in [0.3, 0.4) is 0 Å². The third-order valence-corrected chi connectivity index (χ3v) is 6.53. The summed E-state index contributed by atoms with van der Waals surface area (Å²) in [6, 6.07) is 14.3. The molecule has 35 heavy (non-hydrogen) atoms. The van der Waals surface area contributed by atoms with E-state index in [2.05, 4.69) is 10.3 Å². The van der Waals surface area contributed by atoms with Crippen LogP contribution in [-0.2, 0) is 14.3 Å². The molecule has 3 aromatic rings. The van der Waals surface area contributed by atoms with Gasteiger partial charge < -0.3 is 18.9 Å². The number of rotatable bonds is 13. The number of carbonyl (C=O) groups excluding carboxylic acids is 2. The number of hydrogen-bond acceptors (Lipinski definition) is 9. The molecule has 1 aromatic heterocycles. The number of thiazole rings is 1. The molecule has 0 saturated heterocycles. The number of nitrogens with one attached hydrogen (secondary N) is 1. The van der Waals surface area contributed by atoms with Crippen LogP contribution in [-0.4, -0.2) is 49.0 Å². The van der Waals surface area contributed by atoms with Crippen molar-refractivity contribution in [2.45, 2.75) is 30.6 Å². The fraction of sp³-hybridized carbons (Fsp3) is 0.320. The van der Waals surface area contributed by atoms with E-state index in [9.17, 15) is 9.59 Å². The molecule has 1 atom stereocenters. The molecule has 0 bridgehead atoms. The molecule has 8 nitrogen and oxygen atoms in total. The van der Waals surface area contributed by atoms with Gasteiger partial charge >= 0.3 is 5.97 Å². The molecule has 1 N–H and O–H groups in total. The van der Waals surface area contributed by atoms with E-state index in [1.54, 1.807) is 38.4 Å². The Morgan fingerprint density at radius 1 is 1.11 bits per heavy atom. The summed E-state index contributed by atoms with van der Waals surface area (Å²) in [6.07, 6.45) is 1.78. The number of thioether (sulfide) groups is 1. The zero-order valence-corrected chi connectivity index (χ0v) is 21.4. The number of benzene rings is 2. The van der Waals surface area contributed by atoms with Crippen molar-refractivity contribution in [2.75, 3.05) is 31.4 Å². The SMILES string of the molecule is CCOC(=O)CCSc1cnc(NC(=O)c2cc(Oc3ccccc3)cc(O[C@@H](C)COC)c2)s1. The van der Waals surface area contributed by atoms with Gasteiger partial charge in [0.25, 0.3) is 5.91 Å². The lowest BCUT2D eigenvalue weighted by atomic mass is 10.2. The van der Waals surface area contributed by atoms with Gasteiger partial charge in [0.15, 0.2) is 5.13 Å². The van der Waals surface area contributed by atoms with E-state index in [-0.39, 0.29) is 18.0 Å². The van der Waals surface area contributed by atoms with Crippen LogP contribution in [0.1, 0.15) is 30.6 Å². The van der Waals surface area contributed by atoms with E-state index in [0.29, 0.717) is 53.3 Å². The number of nitrogens with zero attached hydrogens (tertiary/aromatic N) is 1. The average Bonchev–Trinajstić information content (AvgIpc) is 3.27. The van der Waals surface area contributed by atoms with E-state index in [1.165, 1.54) is 23.1 Å². The lowest BCUT2D eigenvalue weighted by Gasteiger charge is -2.16. The van der Waals surface area contributed by atoms with E-state index in [0.717, 1.165) is 4.21 Å². The molecule has 186 valence electrons. The summed E-state index contributed by atoms with van der Waals surface area (Å²) in [7, 11) is 1.60. The lowest BCUT2D eigenvalue weighted by Crippen LogP contribution is -2.18. The molecule has 0 aliphatic rings. The Kier molecular flexibility index (Phi) is 10.4. The monoisotopic (exact) mass is 516 g/mol. The van der Waals surface area contributed by atoms with Gasteiger partial charge in [-0.25, -0.2) is 4.98 Å². The number of esters is 1. The summed E-state index contributed by atoms with van der Waals surface area (Å²) in [4.78, 5) is 28.8. The topological polar surface area (TPSA) is 96.0 Å². The fourth-order valence-corrected chi connectivity index (χ4v) is 4.84. The number of ether oxygens (including phenoxy) is 4. The normalized spacial score (nSPS) is 11.5. The number of amides is 1. The number of methoxy groups -OCH3 is 1. The largest absolute Gasteiger partial charge is 0.488 e. The van der Waals surface area contributed by atoms with Gasteiger partial charge in [-0.15, -0.1) is 11.8 Å². The number of carbonyl (C=O) groups is 2. The third-order valence-electron chi connectivity index (χ3n) is 4.42. The third kappa shape index (κ3) is 8.89. The van der Waals surface area contributed by atoms with Gasteiger partial charge in [-0.3, -0.25) is 14.9 Å². The highest BCUT2D eigenvalue weighted by Crippen LogP contribution is 2.31. The molecule has 0 aliphatic heterocycles. The van der Waals surface area contributed by atoms with Crippen LogP contribution in [0, 0.1) is 0 Å². The highest BCUT2D eigenvalue weighted by atomic mass is 32.2. The molecule has 10 heteroatoms. The number of hydrogen-bond donors (Lipinski definition) is 1. The summed E-state index contributed by atoms with van der Waals surface area (Å²) in [6.45, 7) is 4.43. The number of para-hydroxylation sites is 1. The Labute approximate surface area is 213 Å². The molecule has 0 aliphatic carbocycles. The Balaban J connectivity index is 1.69. The molecular weight excluding hydrogens is 488 g/mol. The Bertz CT molecular complexity index is 1110. The predicted molar refractivity (Wildman–Crippen MR) is 137 cm³/mol. The van der Waals surface area contributed by atoms with Crippen LogP contribution in [0.2, 0.25) is 0 Å². The van der Waals surface area contributed by atoms with Crippen LogP contribution >= 0.6 is 23.1 Å². The Hall–Kier alpha value is -3.08. The first-order valence-corrected chi connectivity index (χ1v) is 12.9. The maximum Gasteiger partial charge on any atom is 0.306 e. The molecule has 0 spiro atoms. The molecule has 1 heterocycles. The van der Waals surface area contributed by atoms with Gasteiger partial charge in [0.1, 0.15) is 23.4 Å². The predicted octanol–water partition coefficient (Wildman–Crippen LogP) is 5.65. The van der Waals surface area contributed by atoms with Gasteiger partial charge in [0, 0.05) is 24.5 Å². The summed E-state index contributed by atoms with van der Waals surface area (Å²) in [5, 5.41) is 3.28. The second kappa shape index (κ2) is 13.7. The smallest absolute Gasteiger partial charge is 0.306 e. The first kappa shape index (κ1) is 26.5. The molecule has 1 amide bonds. The van der Waals surface area contributed by atoms with E-state index in [4.69, 9.17) is 18.9 Å². The minimum Gasteiger partial charge on any atom is -0.488 e. The van der Waals surface area contributed by atoms with Crippen molar-refractivity contribution in [1.29, 1.82) is 0 Å². The van der Waals surface area contributed by atoms with Gasteiger partial charge in [0.2, 0.25) is 0 Å². The van der Waals surface area contributed by atoms with Gasteiger partial charge in [-0.1, -0.05) is 29.5 Å². The van der Waals surface area contributed by atoms with Crippen molar-refractivity contribution in [3.63, 3.8) is 0 Å². The Morgan fingerprint density at radius 2 is 1.89 bits per heavy atom. The highest BCUT2D eigenvalue weighted by molar-refractivity contribution is 8.01. The highest BCUT2D eigenvalue weighted by Gasteiger charge is 2.15. The zero-order valence-electron chi connectivity index (χ0n) is 19.8. The second-order valence-electron chi connectivity index (χ2n) is 7.33. The maximum atomic E-state index is 13.0. The average molecular weight is 517 g/mol. The van der Waals surface area contributed by atoms with Crippen LogP contribution in [0.5, 0.6) is 17.2 Å². The van der Waals surface area contributed by atoms with Crippen molar-refractivity contribution in [1.82, 2.24) is 4.98 Å². The van der Waals surface area contributed by atoms with E-state index < -0.39 is 0 Å². The fourth-order valence-electron chi connectivity index (χ4n) is 2.98. The molecule has 0 unspecified atom stereocenters. The quantitative estimate of drug-likeness (QED) is 0.230. The first-order chi connectivity index (χ1) is 17.0. The van der Waals surface area contributed by atoms with Crippen molar-refractivity contribution in [2.24, 2.45) is 0 Å². The summed E-state index contributed by atoms with van der Waals surface area (Å²) < 4.78 is 22.8. The second-order valence-corrected chi connectivity index (χ2v) is 9.76. The minimum absolute atomic E-state index is 0.212. The molecule has 0 saturated carbocycles. The van der Waals surface area contributed by atoms with Crippen LogP contribution in [0.4, 0.5) is 5.13 Å². The lowest BCUT2D eigenvalue weighted by molar-refractivity contribution is -0.142. The van der Waals surface area contributed by atoms with Crippen molar-refractivity contribution < 1.29 is 28.5 Å². The molecular formula is C25H28N2O6S2. The summed E-state index contributed by atoms with van der Waals surface area (Å²) >= 11 is 2.83. The van der Waals surface area contributed by atoms with Crippen LogP contribution < -0.4 is 14.8 Å². The maximum absolute atomic E-state index is 13.0. The molecule has 3 rings (SSSR count).